The van der Waals surface area contributed by atoms with Gasteiger partial charge in [0.1, 0.15) is 5.60 Å². The van der Waals surface area contributed by atoms with Gasteiger partial charge in [-0.3, -0.25) is 9.67 Å². The number of amides is 1. The van der Waals surface area contributed by atoms with Crippen LogP contribution in [-0.2, 0) is 11.2 Å². The summed E-state index contributed by atoms with van der Waals surface area (Å²) in [7, 11) is 0. The highest BCUT2D eigenvalue weighted by Crippen LogP contribution is 2.45. The molecule has 1 atom stereocenters. The van der Waals surface area contributed by atoms with Gasteiger partial charge in [0.15, 0.2) is 0 Å². The maximum atomic E-state index is 12.9. The third kappa shape index (κ3) is 5.27. The third-order valence-electron chi connectivity index (χ3n) is 7.97. The molecule has 3 N–H and O–H groups in total. The van der Waals surface area contributed by atoms with Gasteiger partial charge in [-0.05, 0) is 83.0 Å². The molecule has 1 aromatic carbocycles. The van der Waals surface area contributed by atoms with E-state index < -0.39 is 5.60 Å². The fraction of sp³-hybridized carbons (Fsp3) is 0.586. The Bertz CT molecular complexity index is 1320. The number of hydrogen-bond acceptors (Lipinski definition) is 7. The molecular weight excluding hydrogens is 478 g/mol. The normalized spacial score (nSPS) is 23.9. The minimum atomic E-state index is -0.515. The lowest BCUT2D eigenvalue weighted by molar-refractivity contribution is 0.0122. The molecule has 202 valence electrons. The molecule has 2 aromatic heterocycles. The molecule has 3 fully saturated rings. The van der Waals surface area contributed by atoms with Crippen molar-refractivity contribution in [2.45, 2.75) is 76.5 Å². The fourth-order valence-corrected chi connectivity index (χ4v) is 5.65. The molecule has 1 unspecified atom stereocenters. The molecule has 3 heterocycles. The van der Waals surface area contributed by atoms with Gasteiger partial charge < -0.3 is 20.7 Å². The van der Waals surface area contributed by atoms with Gasteiger partial charge in [-0.1, -0.05) is 6.07 Å². The van der Waals surface area contributed by atoms with Gasteiger partial charge in [0.25, 0.3) is 0 Å². The summed E-state index contributed by atoms with van der Waals surface area (Å²) in [6, 6.07) is 6.70. The van der Waals surface area contributed by atoms with E-state index in [0.29, 0.717) is 24.4 Å². The average Bonchev–Trinajstić information content (AvgIpc) is 3.61. The van der Waals surface area contributed by atoms with Gasteiger partial charge in [-0.25, -0.2) is 9.78 Å². The number of fused-ring (bicyclic) bond motifs is 1. The van der Waals surface area contributed by atoms with E-state index in [9.17, 15) is 4.79 Å². The first-order valence-electron chi connectivity index (χ1n) is 14.0. The van der Waals surface area contributed by atoms with Crippen LogP contribution >= 0.6 is 0 Å². The zero-order chi connectivity index (χ0) is 26.4. The van der Waals surface area contributed by atoms with E-state index in [4.69, 9.17) is 25.5 Å². The van der Waals surface area contributed by atoms with E-state index in [2.05, 4.69) is 28.3 Å². The number of rotatable bonds is 6. The highest BCUT2D eigenvalue weighted by Gasteiger charge is 2.35. The lowest BCUT2D eigenvalue weighted by Crippen LogP contribution is -2.55. The van der Waals surface area contributed by atoms with Gasteiger partial charge in [-0.2, -0.15) is 5.10 Å². The van der Waals surface area contributed by atoms with Crippen LogP contribution in [0.3, 0.4) is 0 Å². The Morgan fingerprint density at radius 3 is 2.76 bits per heavy atom. The minimum Gasteiger partial charge on any atom is -0.444 e. The number of nitrogens with zero attached hydrogens (tertiary/aromatic N) is 5. The van der Waals surface area contributed by atoms with Crippen molar-refractivity contribution in [1.82, 2.24) is 30.0 Å². The van der Waals surface area contributed by atoms with Crippen molar-refractivity contribution < 1.29 is 9.53 Å². The molecule has 1 aliphatic heterocycles. The lowest BCUT2D eigenvalue weighted by atomic mass is 9.80. The van der Waals surface area contributed by atoms with Gasteiger partial charge in [0, 0.05) is 37.3 Å². The predicted molar refractivity (Wildman–Crippen MR) is 147 cm³/mol. The van der Waals surface area contributed by atoms with Crippen LogP contribution in [0.1, 0.15) is 69.7 Å². The molecule has 0 radical (unpaired) electrons. The summed E-state index contributed by atoms with van der Waals surface area (Å²) in [5.74, 6) is 1.14. The van der Waals surface area contributed by atoms with E-state index in [-0.39, 0.29) is 12.1 Å². The van der Waals surface area contributed by atoms with Gasteiger partial charge in [-0.15, -0.1) is 0 Å². The van der Waals surface area contributed by atoms with E-state index in [1.54, 1.807) is 0 Å². The molecule has 38 heavy (non-hydrogen) atoms. The summed E-state index contributed by atoms with van der Waals surface area (Å²) in [6.45, 7) is 8.62. The smallest absolute Gasteiger partial charge is 0.410 e. The van der Waals surface area contributed by atoms with Gasteiger partial charge in [0.2, 0.25) is 0 Å². The first-order chi connectivity index (χ1) is 18.3. The lowest BCUT2D eigenvalue weighted by Gasteiger charge is -2.37. The number of piperazine rings is 1. The van der Waals surface area contributed by atoms with E-state index >= 15 is 0 Å². The minimum absolute atomic E-state index is 0.0201. The molecular formula is C29H39N7O2. The molecule has 2 aliphatic carbocycles. The van der Waals surface area contributed by atoms with Crippen LogP contribution in [0, 0.1) is 5.92 Å². The number of nitrogens with one attached hydrogen (secondary N) is 1. The molecule has 3 aromatic rings. The van der Waals surface area contributed by atoms with Crippen LogP contribution in [0.15, 0.2) is 30.6 Å². The summed E-state index contributed by atoms with van der Waals surface area (Å²) in [5, 5.41) is 8.44. The number of nitrogens with two attached hydrogens (primary N) is 1. The number of carbonyl (C=O) groups excluding carboxylic acids is 1. The Morgan fingerprint density at radius 2 is 2.03 bits per heavy atom. The molecule has 0 spiro atoms. The maximum Gasteiger partial charge on any atom is 0.410 e. The predicted octanol–water partition coefficient (Wildman–Crippen LogP) is 4.03. The van der Waals surface area contributed by atoms with E-state index in [0.717, 1.165) is 72.4 Å². The molecule has 9 nitrogen and oxygen atoms in total. The zero-order valence-electron chi connectivity index (χ0n) is 22.7. The molecule has 0 bridgehead atoms. The van der Waals surface area contributed by atoms with Crippen molar-refractivity contribution in [3.63, 3.8) is 0 Å². The topological polar surface area (TPSA) is 111 Å². The molecule has 3 aliphatic rings. The molecule has 2 saturated carbocycles. The second kappa shape index (κ2) is 9.93. The first-order valence-corrected chi connectivity index (χ1v) is 14.0. The third-order valence-corrected chi connectivity index (χ3v) is 7.97. The van der Waals surface area contributed by atoms with Crippen molar-refractivity contribution in [3.05, 3.63) is 41.9 Å². The highest BCUT2D eigenvalue weighted by molar-refractivity contribution is 5.78. The van der Waals surface area contributed by atoms with Crippen LogP contribution in [-0.4, -0.2) is 68.6 Å². The van der Waals surface area contributed by atoms with E-state index in [1.807, 2.05) is 37.9 Å². The van der Waals surface area contributed by atoms with E-state index in [1.165, 1.54) is 12.8 Å². The maximum absolute atomic E-state index is 12.9. The summed E-state index contributed by atoms with van der Waals surface area (Å²) in [6.07, 6.45) is 9.12. The number of ether oxygens (including phenoxy) is 1. The van der Waals surface area contributed by atoms with Crippen LogP contribution < -0.4 is 11.1 Å². The van der Waals surface area contributed by atoms with Crippen LogP contribution in [0.5, 0.6) is 0 Å². The monoisotopic (exact) mass is 517 g/mol. The van der Waals surface area contributed by atoms with Crippen molar-refractivity contribution in [2.24, 2.45) is 11.7 Å². The van der Waals surface area contributed by atoms with Crippen molar-refractivity contribution in [2.75, 3.05) is 26.2 Å². The Labute approximate surface area is 224 Å². The molecule has 6 rings (SSSR count). The number of carbonyl (C=O) groups is 1. The summed E-state index contributed by atoms with van der Waals surface area (Å²) >= 11 is 0. The number of benzene rings is 1. The Balaban J connectivity index is 1.25. The highest BCUT2D eigenvalue weighted by atomic mass is 16.6. The first kappa shape index (κ1) is 25.2. The fourth-order valence-electron chi connectivity index (χ4n) is 5.65. The summed E-state index contributed by atoms with van der Waals surface area (Å²) < 4.78 is 7.83. The summed E-state index contributed by atoms with van der Waals surface area (Å²) in [4.78, 5) is 24.5. The standard InChI is InChI=1S/C29H39N7O2/c1-29(2,3)38-28(37)35-9-8-31-15-22(35)10-18-4-7-24-25(13-18)33-26(16-32-24)23-17-36(21-11-19(12-21)14-30)34-27(23)20-5-6-20/h4,7,13,16-17,19-22,31H,5-6,8-12,14-15,30H2,1-3H3. The van der Waals surface area contributed by atoms with Crippen molar-refractivity contribution >= 4 is 17.1 Å². The number of hydrogen-bond donors (Lipinski definition) is 2. The Kier molecular flexibility index (Phi) is 6.60. The Morgan fingerprint density at radius 1 is 1.21 bits per heavy atom. The van der Waals surface area contributed by atoms with Crippen LogP contribution in [0.25, 0.3) is 22.3 Å². The second-order valence-corrected chi connectivity index (χ2v) is 12.2. The SMILES string of the molecule is CC(C)(C)OC(=O)N1CCNCC1Cc1ccc2ncc(-c3cn(C4CC(CN)C4)nc3C3CC3)nc2c1. The van der Waals surface area contributed by atoms with Gasteiger partial charge >= 0.3 is 6.09 Å². The van der Waals surface area contributed by atoms with Gasteiger partial charge in [0.05, 0.1) is 40.7 Å². The molecule has 9 heteroatoms. The molecule has 1 amide bonds. The van der Waals surface area contributed by atoms with Crippen molar-refractivity contribution in [3.8, 4) is 11.3 Å². The van der Waals surface area contributed by atoms with Crippen molar-refractivity contribution in [1.29, 1.82) is 0 Å². The largest absolute Gasteiger partial charge is 0.444 e. The quantitative estimate of drug-likeness (QED) is 0.508. The average molecular weight is 518 g/mol. The summed E-state index contributed by atoms with van der Waals surface area (Å²) in [5.41, 5.74) is 11.4. The second-order valence-electron chi connectivity index (χ2n) is 12.2. The number of aromatic nitrogens is 4. The zero-order valence-corrected chi connectivity index (χ0v) is 22.7. The molecule has 1 saturated heterocycles. The van der Waals surface area contributed by atoms with Crippen LogP contribution in [0.4, 0.5) is 4.79 Å². The Hall–Kier alpha value is -3.04. The van der Waals surface area contributed by atoms with Crippen LogP contribution in [0.2, 0.25) is 0 Å².